The number of nitrogens with zero attached hydrogens (tertiary/aromatic N) is 2. The van der Waals surface area contributed by atoms with Gasteiger partial charge in [-0.3, -0.25) is 4.98 Å². The molecule has 0 radical (unpaired) electrons. The molecule has 106 valence electrons. The van der Waals surface area contributed by atoms with E-state index >= 15 is 0 Å². The Bertz CT molecular complexity index is 820. The Labute approximate surface area is 123 Å². The van der Waals surface area contributed by atoms with Gasteiger partial charge in [0.1, 0.15) is 11.6 Å². The zero-order valence-corrected chi connectivity index (χ0v) is 11.2. The van der Waals surface area contributed by atoms with Crippen molar-refractivity contribution in [1.82, 2.24) is 10.1 Å². The largest absolute Gasteiger partial charge is 0.380 e. The highest BCUT2D eigenvalue weighted by Gasteiger charge is 2.22. The number of hydrogen-bond acceptors (Lipinski definition) is 4. The van der Waals surface area contributed by atoms with Gasteiger partial charge in [0.05, 0.1) is 16.8 Å². The third kappa shape index (κ3) is 2.34. The number of anilines is 1. The summed E-state index contributed by atoms with van der Waals surface area (Å²) in [6.45, 7) is 0. The normalized spacial score (nSPS) is 10.8. The molecule has 21 heavy (non-hydrogen) atoms. The summed E-state index contributed by atoms with van der Waals surface area (Å²) in [6, 6.07) is 5.66. The summed E-state index contributed by atoms with van der Waals surface area (Å²) in [4.78, 5) is 3.72. The summed E-state index contributed by atoms with van der Waals surface area (Å²) in [5.41, 5.74) is 6.37. The van der Waals surface area contributed by atoms with E-state index < -0.39 is 11.6 Å². The maximum Gasteiger partial charge on any atom is 0.178 e. The van der Waals surface area contributed by atoms with E-state index in [1.165, 1.54) is 24.4 Å². The van der Waals surface area contributed by atoms with Gasteiger partial charge in [-0.15, -0.1) is 0 Å². The third-order valence-corrected chi connectivity index (χ3v) is 3.20. The minimum absolute atomic E-state index is 0.0181. The molecule has 0 unspecified atom stereocenters. The van der Waals surface area contributed by atoms with Crippen molar-refractivity contribution in [3.05, 3.63) is 53.3 Å². The van der Waals surface area contributed by atoms with Crippen LogP contribution in [0, 0.1) is 11.6 Å². The standard InChI is InChI=1S/C14H8ClF2N3O/c15-10-3-1-2-9(12(10)17)11-13(21-20-14(11)18)7-4-8(16)6-19-5-7/h1-6H,(H2,18,20). The van der Waals surface area contributed by atoms with Gasteiger partial charge in [-0.25, -0.2) is 8.78 Å². The van der Waals surface area contributed by atoms with Crippen molar-refractivity contribution < 1.29 is 13.3 Å². The predicted octanol–water partition coefficient (Wildman–Crippen LogP) is 3.92. The number of nitrogens with two attached hydrogens (primary N) is 1. The first-order valence-electron chi connectivity index (χ1n) is 5.88. The van der Waals surface area contributed by atoms with E-state index in [1.807, 2.05) is 0 Å². The molecule has 0 bridgehead atoms. The fourth-order valence-electron chi connectivity index (χ4n) is 1.99. The van der Waals surface area contributed by atoms with Crippen LogP contribution in [0.5, 0.6) is 0 Å². The van der Waals surface area contributed by atoms with Crippen LogP contribution in [0.4, 0.5) is 14.6 Å². The first kappa shape index (κ1) is 13.5. The monoisotopic (exact) mass is 307 g/mol. The van der Waals surface area contributed by atoms with Crippen LogP contribution in [-0.2, 0) is 0 Å². The molecule has 0 saturated carbocycles. The van der Waals surface area contributed by atoms with Gasteiger partial charge in [-0.2, -0.15) is 0 Å². The Balaban J connectivity index is 2.25. The van der Waals surface area contributed by atoms with Gasteiger partial charge in [0.25, 0.3) is 0 Å². The maximum atomic E-state index is 14.2. The highest BCUT2D eigenvalue weighted by atomic mass is 35.5. The second kappa shape index (κ2) is 5.14. The van der Waals surface area contributed by atoms with Crippen LogP contribution < -0.4 is 5.73 Å². The van der Waals surface area contributed by atoms with E-state index in [4.69, 9.17) is 21.9 Å². The maximum absolute atomic E-state index is 14.2. The van der Waals surface area contributed by atoms with Gasteiger partial charge in [0.2, 0.25) is 0 Å². The number of rotatable bonds is 2. The molecule has 2 aromatic heterocycles. The first-order valence-corrected chi connectivity index (χ1v) is 6.26. The van der Waals surface area contributed by atoms with E-state index in [-0.39, 0.29) is 27.7 Å². The average molecular weight is 308 g/mol. The van der Waals surface area contributed by atoms with Crippen LogP contribution >= 0.6 is 11.6 Å². The van der Waals surface area contributed by atoms with Crippen LogP contribution in [0.15, 0.2) is 41.2 Å². The fraction of sp³-hybridized carbons (Fsp3) is 0. The lowest BCUT2D eigenvalue weighted by Gasteiger charge is -2.05. The van der Waals surface area contributed by atoms with E-state index in [0.29, 0.717) is 5.56 Å². The third-order valence-electron chi connectivity index (χ3n) is 2.91. The number of aromatic nitrogens is 2. The van der Waals surface area contributed by atoms with Gasteiger partial charge in [-0.1, -0.05) is 28.9 Å². The Morgan fingerprint density at radius 1 is 1.19 bits per heavy atom. The van der Waals surface area contributed by atoms with Gasteiger partial charge in [0.15, 0.2) is 11.6 Å². The molecule has 0 atom stereocenters. The highest BCUT2D eigenvalue weighted by molar-refractivity contribution is 6.31. The minimum atomic E-state index is -0.653. The molecule has 3 aromatic rings. The smallest absolute Gasteiger partial charge is 0.178 e. The van der Waals surface area contributed by atoms with Crippen molar-refractivity contribution >= 4 is 17.4 Å². The Hall–Kier alpha value is -2.47. The Kier molecular flexibility index (Phi) is 3.31. The van der Waals surface area contributed by atoms with Crippen LogP contribution in [0.1, 0.15) is 0 Å². The van der Waals surface area contributed by atoms with Gasteiger partial charge in [0, 0.05) is 17.3 Å². The number of benzene rings is 1. The van der Waals surface area contributed by atoms with Crippen molar-refractivity contribution in [3.8, 4) is 22.5 Å². The highest BCUT2D eigenvalue weighted by Crippen LogP contribution is 2.39. The number of hydrogen-bond donors (Lipinski definition) is 1. The second-order valence-corrected chi connectivity index (χ2v) is 4.67. The van der Waals surface area contributed by atoms with Crippen molar-refractivity contribution in [2.24, 2.45) is 0 Å². The molecule has 2 N–H and O–H groups in total. The topological polar surface area (TPSA) is 64.9 Å². The van der Waals surface area contributed by atoms with E-state index in [0.717, 1.165) is 6.20 Å². The zero-order chi connectivity index (χ0) is 15.0. The summed E-state index contributed by atoms with van der Waals surface area (Å²) >= 11 is 5.77. The number of halogens is 3. The first-order chi connectivity index (χ1) is 10.1. The summed E-state index contributed by atoms with van der Waals surface area (Å²) < 4.78 is 32.6. The predicted molar refractivity (Wildman–Crippen MR) is 74.5 cm³/mol. The van der Waals surface area contributed by atoms with Gasteiger partial charge >= 0.3 is 0 Å². The van der Waals surface area contributed by atoms with E-state index in [9.17, 15) is 8.78 Å². The molecule has 0 amide bonds. The quantitative estimate of drug-likeness (QED) is 0.779. The fourth-order valence-corrected chi connectivity index (χ4v) is 2.17. The lowest BCUT2D eigenvalue weighted by Crippen LogP contribution is -1.92. The summed E-state index contributed by atoms with van der Waals surface area (Å²) in [5, 5.41) is 3.55. The van der Waals surface area contributed by atoms with Crippen molar-refractivity contribution in [2.75, 3.05) is 5.73 Å². The lowest BCUT2D eigenvalue weighted by atomic mass is 10.0. The minimum Gasteiger partial charge on any atom is -0.380 e. The SMILES string of the molecule is Nc1noc(-c2cncc(F)c2)c1-c1cccc(Cl)c1F. The molecule has 2 heterocycles. The van der Waals surface area contributed by atoms with Gasteiger partial charge < -0.3 is 10.3 Å². The summed E-state index contributed by atoms with van der Waals surface area (Å²) in [6.07, 6.45) is 2.41. The molecule has 3 rings (SSSR count). The van der Waals surface area contributed by atoms with Crippen LogP contribution in [0.25, 0.3) is 22.5 Å². The lowest BCUT2D eigenvalue weighted by molar-refractivity contribution is 0.435. The molecule has 0 aliphatic heterocycles. The van der Waals surface area contributed by atoms with Crippen LogP contribution in [0.3, 0.4) is 0 Å². The second-order valence-electron chi connectivity index (χ2n) is 4.27. The molecule has 0 aliphatic rings. The summed E-state index contributed by atoms with van der Waals surface area (Å²) in [7, 11) is 0. The van der Waals surface area contributed by atoms with Crippen LogP contribution in [0.2, 0.25) is 5.02 Å². The van der Waals surface area contributed by atoms with Gasteiger partial charge in [-0.05, 0) is 12.1 Å². The number of pyridine rings is 1. The van der Waals surface area contributed by atoms with E-state index in [2.05, 4.69) is 10.1 Å². The molecular weight excluding hydrogens is 300 g/mol. The Morgan fingerprint density at radius 2 is 2.00 bits per heavy atom. The van der Waals surface area contributed by atoms with Crippen molar-refractivity contribution in [1.29, 1.82) is 0 Å². The molecule has 0 saturated heterocycles. The molecule has 0 aliphatic carbocycles. The summed E-state index contributed by atoms with van der Waals surface area (Å²) in [5.74, 6) is -1.10. The molecule has 7 heteroatoms. The van der Waals surface area contributed by atoms with Crippen LogP contribution in [-0.4, -0.2) is 10.1 Å². The van der Waals surface area contributed by atoms with E-state index in [1.54, 1.807) is 6.07 Å². The molecule has 1 aromatic carbocycles. The van der Waals surface area contributed by atoms with Crippen molar-refractivity contribution in [3.63, 3.8) is 0 Å². The molecule has 0 spiro atoms. The Morgan fingerprint density at radius 3 is 2.76 bits per heavy atom. The number of nitrogen functional groups attached to an aromatic ring is 1. The van der Waals surface area contributed by atoms with Crippen molar-refractivity contribution in [2.45, 2.75) is 0 Å². The molecule has 0 fully saturated rings. The molecule has 4 nitrogen and oxygen atoms in total. The zero-order valence-electron chi connectivity index (χ0n) is 10.5. The average Bonchev–Trinajstić information content (AvgIpc) is 2.84. The molecular formula is C14H8ClF2N3O.